The van der Waals surface area contributed by atoms with Crippen LogP contribution in [0.15, 0.2) is 133 Å². The predicted molar refractivity (Wildman–Crippen MR) is 167 cm³/mol. The molecule has 6 aromatic rings. The molecule has 6 aromatic carbocycles. The first-order valence-electron chi connectivity index (χ1n) is 14.0. The van der Waals surface area contributed by atoms with E-state index < -0.39 is 5.41 Å². The van der Waals surface area contributed by atoms with Crippen molar-refractivity contribution in [2.45, 2.75) is 5.41 Å². The Morgan fingerprint density at radius 1 is 0.366 bits per heavy atom. The second-order valence-electron chi connectivity index (χ2n) is 10.8. The van der Waals surface area contributed by atoms with Crippen LogP contribution in [-0.4, -0.2) is 14.2 Å². The van der Waals surface area contributed by atoms with Crippen LogP contribution >= 0.6 is 0 Å². The molecule has 0 unspecified atom stereocenters. The summed E-state index contributed by atoms with van der Waals surface area (Å²) in [4.78, 5) is 0. The fraction of sp³-hybridized carbons (Fsp3) is 0.0769. The summed E-state index contributed by atoms with van der Waals surface area (Å²) in [5.41, 5.74) is 15.0. The standard InChI is InChI=1S/C39H28O2/c1-40-29-17-11-25(12-18-29)27-15-21-33-34-22-16-28(26-13-19-30(41-2)20-14-26)24-38(34)39(37(33)23-27)35-9-5-3-7-31(35)32-8-4-6-10-36(32)39/h3-24H,1-2H3. The fourth-order valence-electron chi connectivity index (χ4n) is 7.07. The molecule has 0 saturated carbocycles. The van der Waals surface area contributed by atoms with E-state index in [1.807, 2.05) is 24.3 Å². The van der Waals surface area contributed by atoms with Gasteiger partial charge >= 0.3 is 0 Å². The molecular formula is C39H28O2. The molecule has 0 bridgehead atoms. The molecule has 0 radical (unpaired) electrons. The maximum Gasteiger partial charge on any atom is 0.118 e. The van der Waals surface area contributed by atoms with Gasteiger partial charge < -0.3 is 9.47 Å². The maximum atomic E-state index is 5.43. The van der Waals surface area contributed by atoms with Gasteiger partial charge in [-0.15, -0.1) is 0 Å². The average molecular weight is 529 g/mol. The molecule has 2 aliphatic carbocycles. The van der Waals surface area contributed by atoms with E-state index >= 15 is 0 Å². The zero-order valence-corrected chi connectivity index (χ0v) is 23.0. The number of benzene rings is 6. The lowest BCUT2D eigenvalue weighted by molar-refractivity contribution is 0.415. The van der Waals surface area contributed by atoms with Crippen molar-refractivity contribution in [1.82, 2.24) is 0 Å². The van der Waals surface area contributed by atoms with Crippen molar-refractivity contribution in [3.63, 3.8) is 0 Å². The fourth-order valence-corrected chi connectivity index (χ4v) is 7.07. The van der Waals surface area contributed by atoms with Crippen molar-refractivity contribution < 1.29 is 9.47 Å². The summed E-state index contributed by atoms with van der Waals surface area (Å²) in [6.07, 6.45) is 0. The Bertz CT molecular complexity index is 1800. The molecule has 0 N–H and O–H groups in total. The van der Waals surface area contributed by atoms with E-state index in [1.54, 1.807) is 14.2 Å². The second-order valence-corrected chi connectivity index (χ2v) is 10.8. The smallest absolute Gasteiger partial charge is 0.118 e. The quantitative estimate of drug-likeness (QED) is 0.227. The summed E-state index contributed by atoms with van der Waals surface area (Å²) in [6, 6.07) is 48.6. The third kappa shape index (κ3) is 3.31. The predicted octanol–water partition coefficient (Wildman–Crippen LogP) is 9.38. The number of rotatable bonds is 4. The topological polar surface area (TPSA) is 18.5 Å². The first-order valence-corrected chi connectivity index (χ1v) is 14.0. The van der Waals surface area contributed by atoms with Gasteiger partial charge in [0, 0.05) is 0 Å². The summed E-state index contributed by atoms with van der Waals surface area (Å²) in [5.74, 6) is 1.73. The molecule has 0 atom stereocenters. The van der Waals surface area contributed by atoms with Crippen LogP contribution in [0.2, 0.25) is 0 Å². The highest BCUT2D eigenvalue weighted by Gasteiger charge is 2.51. The first kappa shape index (κ1) is 23.8. The second kappa shape index (κ2) is 8.97. The summed E-state index contributed by atoms with van der Waals surface area (Å²) in [6.45, 7) is 0. The van der Waals surface area contributed by atoms with E-state index in [-0.39, 0.29) is 0 Å². The minimum absolute atomic E-state index is 0.400. The van der Waals surface area contributed by atoms with E-state index in [4.69, 9.17) is 9.47 Å². The molecule has 41 heavy (non-hydrogen) atoms. The molecule has 2 aliphatic rings. The van der Waals surface area contributed by atoms with Crippen LogP contribution in [0.5, 0.6) is 11.5 Å². The highest BCUT2D eigenvalue weighted by Crippen LogP contribution is 2.63. The molecule has 1 spiro atoms. The van der Waals surface area contributed by atoms with Crippen LogP contribution in [0, 0.1) is 0 Å². The lowest BCUT2D eigenvalue weighted by Gasteiger charge is -2.31. The van der Waals surface area contributed by atoms with E-state index in [2.05, 4.69) is 109 Å². The zero-order valence-electron chi connectivity index (χ0n) is 23.0. The van der Waals surface area contributed by atoms with E-state index in [0.717, 1.165) is 11.5 Å². The largest absolute Gasteiger partial charge is 0.497 e. The Labute approximate surface area is 240 Å². The van der Waals surface area contributed by atoms with Crippen LogP contribution in [0.3, 0.4) is 0 Å². The third-order valence-electron chi connectivity index (χ3n) is 8.94. The Morgan fingerprint density at radius 3 is 1.15 bits per heavy atom. The maximum absolute atomic E-state index is 5.43. The SMILES string of the molecule is COc1ccc(-c2ccc3c(c2)C2(c4ccccc4-c4ccccc42)c2cc(-c4ccc(OC)cc4)ccc2-3)cc1. The molecule has 0 fully saturated rings. The van der Waals surface area contributed by atoms with Gasteiger partial charge in [0.15, 0.2) is 0 Å². The average Bonchev–Trinajstić information content (AvgIpc) is 3.51. The molecule has 0 aliphatic heterocycles. The molecule has 0 saturated heterocycles. The van der Waals surface area contributed by atoms with Gasteiger partial charge in [0.2, 0.25) is 0 Å². The number of hydrogen-bond acceptors (Lipinski definition) is 2. The van der Waals surface area contributed by atoms with Gasteiger partial charge in [-0.3, -0.25) is 0 Å². The van der Waals surface area contributed by atoms with E-state index in [9.17, 15) is 0 Å². The lowest BCUT2D eigenvalue weighted by Crippen LogP contribution is -2.26. The molecule has 0 aromatic heterocycles. The first-order chi connectivity index (χ1) is 20.2. The highest BCUT2D eigenvalue weighted by atomic mass is 16.5. The minimum atomic E-state index is -0.400. The van der Waals surface area contributed by atoms with Gasteiger partial charge in [-0.1, -0.05) is 97.1 Å². The van der Waals surface area contributed by atoms with Crippen molar-refractivity contribution in [1.29, 1.82) is 0 Å². The molecule has 0 heterocycles. The number of ether oxygens (including phenoxy) is 2. The molecular weight excluding hydrogens is 500 g/mol. The molecule has 2 heteroatoms. The monoisotopic (exact) mass is 528 g/mol. The van der Waals surface area contributed by atoms with Crippen molar-refractivity contribution >= 4 is 0 Å². The zero-order chi connectivity index (χ0) is 27.6. The molecule has 2 nitrogen and oxygen atoms in total. The highest BCUT2D eigenvalue weighted by molar-refractivity contribution is 5.96. The Morgan fingerprint density at radius 2 is 0.732 bits per heavy atom. The van der Waals surface area contributed by atoms with E-state index in [0.29, 0.717) is 0 Å². The Balaban J connectivity index is 1.42. The molecule has 0 amide bonds. The van der Waals surface area contributed by atoms with Gasteiger partial charge in [-0.05, 0) is 103 Å². The van der Waals surface area contributed by atoms with Crippen molar-refractivity contribution in [2.75, 3.05) is 14.2 Å². The van der Waals surface area contributed by atoms with E-state index in [1.165, 1.54) is 66.8 Å². The number of fused-ring (bicyclic) bond motifs is 10. The third-order valence-corrected chi connectivity index (χ3v) is 8.94. The van der Waals surface area contributed by atoms with Crippen LogP contribution < -0.4 is 9.47 Å². The normalized spacial score (nSPS) is 13.3. The minimum Gasteiger partial charge on any atom is -0.497 e. The molecule has 8 rings (SSSR count). The van der Waals surface area contributed by atoms with Crippen LogP contribution in [0.4, 0.5) is 0 Å². The van der Waals surface area contributed by atoms with Crippen molar-refractivity contribution in [3.05, 3.63) is 156 Å². The van der Waals surface area contributed by atoms with Crippen molar-refractivity contribution in [3.8, 4) is 56.0 Å². The van der Waals surface area contributed by atoms with Gasteiger partial charge in [-0.25, -0.2) is 0 Å². The molecule has 196 valence electrons. The summed E-state index contributed by atoms with van der Waals surface area (Å²) < 4.78 is 10.9. The number of methoxy groups -OCH3 is 2. The number of hydrogen-bond donors (Lipinski definition) is 0. The van der Waals surface area contributed by atoms with Gasteiger partial charge in [-0.2, -0.15) is 0 Å². The summed E-state index contributed by atoms with van der Waals surface area (Å²) in [5, 5.41) is 0. The van der Waals surface area contributed by atoms with Gasteiger partial charge in [0.1, 0.15) is 11.5 Å². The lowest BCUT2D eigenvalue weighted by atomic mass is 9.70. The van der Waals surface area contributed by atoms with Crippen LogP contribution in [0.25, 0.3) is 44.5 Å². The Hall–Kier alpha value is -5.08. The van der Waals surface area contributed by atoms with Gasteiger partial charge in [0.25, 0.3) is 0 Å². The summed E-state index contributed by atoms with van der Waals surface area (Å²) in [7, 11) is 3.42. The van der Waals surface area contributed by atoms with Crippen LogP contribution in [0.1, 0.15) is 22.3 Å². The Kier molecular flexibility index (Phi) is 5.20. The summed E-state index contributed by atoms with van der Waals surface area (Å²) >= 11 is 0. The van der Waals surface area contributed by atoms with Crippen LogP contribution in [-0.2, 0) is 5.41 Å². The van der Waals surface area contributed by atoms with Gasteiger partial charge in [0.05, 0.1) is 19.6 Å². The van der Waals surface area contributed by atoms with Crippen molar-refractivity contribution in [2.24, 2.45) is 0 Å².